The third-order valence-corrected chi connectivity index (χ3v) is 3.60. The van der Waals surface area contributed by atoms with Gasteiger partial charge in [0.25, 0.3) is 0 Å². The Labute approximate surface area is 148 Å². The monoisotopic (exact) mass is 350 g/mol. The third-order valence-electron chi connectivity index (χ3n) is 3.35. The van der Waals surface area contributed by atoms with Crippen molar-refractivity contribution in [1.29, 1.82) is 0 Å². The van der Waals surface area contributed by atoms with E-state index in [2.05, 4.69) is 28.4 Å². The SMILES string of the molecule is CCCCCNC(=S)NNC(=O)C[C@H](NC(C)=O)c1ccccc1. The van der Waals surface area contributed by atoms with Gasteiger partial charge in [0.15, 0.2) is 5.11 Å². The average molecular weight is 350 g/mol. The predicted octanol–water partition coefficient (Wildman–Crippen LogP) is 1.94. The Balaban J connectivity index is 2.42. The van der Waals surface area contributed by atoms with Gasteiger partial charge < -0.3 is 10.6 Å². The molecule has 0 saturated heterocycles. The van der Waals surface area contributed by atoms with Gasteiger partial charge in [0.2, 0.25) is 11.8 Å². The number of hydrazine groups is 1. The van der Waals surface area contributed by atoms with Crippen LogP contribution in [0.5, 0.6) is 0 Å². The maximum absolute atomic E-state index is 12.1. The van der Waals surface area contributed by atoms with Crippen molar-refractivity contribution in [3.63, 3.8) is 0 Å². The number of amides is 2. The lowest BCUT2D eigenvalue weighted by molar-refractivity contribution is -0.123. The number of benzene rings is 1. The third kappa shape index (κ3) is 8.47. The molecule has 24 heavy (non-hydrogen) atoms. The summed E-state index contributed by atoms with van der Waals surface area (Å²) in [6, 6.07) is 9.00. The summed E-state index contributed by atoms with van der Waals surface area (Å²) in [6.07, 6.45) is 3.43. The van der Waals surface area contributed by atoms with Crippen molar-refractivity contribution in [2.45, 2.75) is 45.6 Å². The van der Waals surface area contributed by atoms with E-state index in [0.717, 1.165) is 31.4 Å². The summed E-state index contributed by atoms with van der Waals surface area (Å²) in [5.41, 5.74) is 6.11. The molecule has 0 aromatic heterocycles. The number of nitrogens with one attached hydrogen (secondary N) is 4. The van der Waals surface area contributed by atoms with E-state index in [1.54, 1.807) is 0 Å². The number of rotatable bonds is 8. The minimum Gasteiger partial charge on any atom is -0.361 e. The molecule has 1 rings (SSSR count). The van der Waals surface area contributed by atoms with E-state index < -0.39 is 0 Å². The molecule has 0 spiro atoms. The minimum absolute atomic E-state index is 0.120. The van der Waals surface area contributed by atoms with Gasteiger partial charge >= 0.3 is 0 Å². The van der Waals surface area contributed by atoms with Crippen molar-refractivity contribution in [3.05, 3.63) is 35.9 Å². The van der Waals surface area contributed by atoms with E-state index in [9.17, 15) is 9.59 Å². The summed E-state index contributed by atoms with van der Waals surface area (Å²) in [4.78, 5) is 23.4. The first-order valence-corrected chi connectivity index (χ1v) is 8.58. The summed E-state index contributed by atoms with van der Waals surface area (Å²) < 4.78 is 0. The summed E-state index contributed by atoms with van der Waals surface area (Å²) in [5, 5.41) is 6.20. The molecule has 0 radical (unpaired) electrons. The van der Waals surface area contributed by atoms with Crippen LogP contribution in [0.1, 0.15) is 51.1 Å². The van der Waals surface area contributed by atoms with Gasteiger partial charge in [-0.25, -0.2) is 0 Å². The molecule has 132 valence electrons. The van der Waals surface area contributed by atoms with Crippen LogP contribution in [0.2, 0.25) is 0 Å². The number of carbonyl (C=O) groups excluding carboxylic acids is 2. The van der Waals surface area contributed by atoms with Gasteiger partial charge in [-0.1, -0.05) is 50.1 Å². The van der Waals surface area contributed by atoms with E-state index in [1.165, 1.54) is 6.92 Å². The smallest absolute Gasteiger partial charge is 0.240 e. The molecule has 0 bridgehead atoms. The van der Waals surface area contributed by atoms with Gasteiger partial charge in [0, 0.05) is 13.5 Å². The van der Waals surface area contributed by atoms with Crippen LogP contribution in [-0.4, -0.2) is 23.5 Å². The number of thiocarbonyl (C=S) groups is 1. The molecule has 1 aromatic carbocycles. The van der Waals surface area contributed by atoms with Crippen molar-refractivity contribution in [2.24, 2.45) is 0 Å². The first kappa shape index (κ1) is 19.9. The number of hydrogen-bond acceptors (Lipinski definition) is 3. The molecule has 1 atom stereocenters. The van der Waals surface area contributed by atoms with Gasteiger partial charge in [-0.05, 0) is 24.2 Å². The van der Waals surface area contributed by atoms with E-state index in [1.807, 2.05) is 30.3 Å². The molecule has 0 aliphatic rings. The first-order chi connectivity index (χ1) is 11.5. The fourth-order valence-electron chi connectivity index (χ4n) is 2.17. The highest BCUT2D eigenvalue weighted by atomic mass is 32.1. The molecule has 0 unspecified atom stereocenters. The van der Waals surface area contributed by atoms with Crippen LogP contribution in [0.3, 0.4) is 0 Å². The maximum Gasteiger partial charge on any atom is 0.240 e. The standard InChI is InChI=1S/C17H26N4O2S/c1-3-4-8-11-18-17(24)21-20-16(23)12-15(19-13(2)22)14-9-6-5-7-10-14/h5-7,9-10,15H,3-4,8,11-12H2,1-2H3,(H,19,22)(H,20,23)(H2,18,21,24)/t15-/m0/s1. The summed E-state index contributed by atoms with van der Waals surface area (Å²) in [5.74, 6) is -0.437. The molecule has 4 N–H and O–H groups in total. The zero-order valence-electron chi connectivity index (χ0n) is 14.2. The van der Waals surface area contributed by atoms with E-state index in [4.69, 9.17) is 12.2 Å². The first-order valence-electron chi connectivity index (χ1n) is 8.17. The predicted molar refractivity (Wildman–Crippen MR) is 99.0 cm³/mol. The summed E-state index contributed by atoms with van der Waals surface area (Å²) in [6.45, 7) is 4.34. The quantitative estimate of drug-likeness (QED) is 0.327. The maximum atomic E-state index is 12.1. The van der Waals surface area contributed by atoms with Crippen LogP contribution in [0, 0.1) is 0 Å². The second-order valence-corrected chi connectivity index (χ2v) is 5.91. The molecule has 0 aliphatic heterocycles. The molecule has 6 nitrogen and oxygen atoms in total. The Morgan fingerprint density at radius 1 is 1.12 bits per heavy atom. The largest absolute Gasteiger partial charge is 0.361 e. The summed E-state index contributed by atoms with van der Waals surface area (Å²) >= 11 is 5.09. The van der Waals surface area contributed by atoms with E-state index >= 15 is 0 Å². The van der Waals surface area contributed by atoms with Gasteiger partial charge in [-0.2, -0.15) is 0 Å². The van der Waals surface area contributed by atoms with Crippen LogP contribution >= 0.6 is 12.2 Å². The molecule has 7 heteroatoms. The van der Waals surface area contributed by atoms with Crippen LogP contribution in [-0.2, 0) is 9.59 Å². The molecule has 0 aliphatic carbocycles. The van der Waals surface area contributed by atoms with Crippen molar-refractivity contribution >= 4 is 29.1 Å². The number of carbonyl (C=O) groups is 2. The second-order valence-electron chi connectivity index (χ2n) is 5.50. The highest BCUT2D eigenvalue weighted by Gasteiger charge is 2.16. The van der Waals surface area contributed by atoms with E-state index in [0.29, 0.717) is 5.11 Å². The van der Waals surface area contributed by atoms with Crippen LogP contribution < -0.4 is 21.5 Å². The molecule has 1 aromatic rings. The summed E-state index contributed by atoms with van der Waals surface area (Å²) in [7, 11) is 0. The van der Waals surface area contributed by atoms with Crippen molar-refractivity contribution in [3.8, 4) is 0 Å². The highest BCUT2D eigenvalue weighted by molar-refractivity contribution is 7.80. The molecular formula is C17H26N4O2S. The van der Waals surface area contributed by atoms with Crippen molar-refractivity contribution < 1.29 is 9.59 Å². The van der Waals surface area contributed by atoms with Gasteiger partial charge in [-0.3, -0.25) is 20.4 Å². The molecule has 0 heterocycles. The number of unbranched alkanes of at least 4 members (excludes halogenated alkanes) is 2. The lowest BCUT2D eigenvalue weighted by Crippen LogP contribution is -2.47. The Morgan fingerprint density at radius 3 is 2.46 bits per heavy atom. The average Bonchev–Trinajstić information content (AvgIpc) is 2.57. The Morgan fingerprint density at radius 2 is 1.83 bits per heavy atom. The second kappa shape index (κ2) is 11.4. The normalized spacial score (nSPS) is 11.2. The zero-order chi connectivity index (χ0) is 17.8. The fraction of sp³-hybridized carbons (Fsp3) is 0.471. The Bertz CT molecular complexity index is 537. The molecule has 0 saturated carbocycles. The van der Waals surface area contributed by atoms with Gasteiger partial charge in [-0.15, -0.1) is 0 Å². The fourth-order valence-corrected chi connectivity index (χ4v) is 2.32. The van der Waals surface area contributed by atoms with Gasteiger partial charge in [0.05, 0.1) is 12.5 Å². The van der Waals surface area contributed by atoms with Crippen LogP contribution in [0.15, 0.2) is 30.3 Å². The molecule has 2 amide bonds. The van der Waals surface area contributed by atoms with Crippen LogP contribution in [0.4, 0.5) is 0 Å². The van der Waals surface area contributed by atoms with Crippen molar-refractivity contribution in [1.82, 2.24) is 21.5 Å². The lowest BCUT2D eigenvalue weighted by atomic mass is 10.0. The Kier molecular flexibility index (Phi) is 9.45. The lowest BCUT2D eigenvalue weighted by Gasteiger charge is -2.18. The topological polar surface area (TPSA) is 82.3 Å². The molecular weight excluding hydrogens is 324 g/mol. The van der Waals surface area contributed by atoms with Crippen LogP contribution in [0.25, 0.3) is 0 Å². The zero-order valence-corrected chi connectivity index (χ0v) is 15.0. The van der Waals surface area contributed by atoms with E-state index in [-0.39, 0.29) is 24.3 Å². The number of hydrogen-bond donors (Lipinski definition) is 4. The minimum atomic E-state index is -0.378. The molecule has 0 fully saturated rings. The van der Waals surface area contributed by atoms with Gasteiger partial charge in [0.1, 0.15) is 0 Å². The Hall–Kier alpha value is -2.15. The highest BCUT2D eigenvalue weighted by Crippen LogP contribution is 2.16. The van der Waals surface area contributed by atoms with Crippen molar-refractivity contribution in [2.75, 3.05) is 6.54 Å².